The first-order valence-electron chi connectivity index (χ1n) is 15.3. The highest BCUT2D eigenvalue weighted by molar-refractivity contribution is 6.74. The van der Waals surface area contributed by atoms with Crippen LogP contribution in [0.5, 0.6) is 5.75 Å². The summed E-state index contributed by atoms with van der Waals surface area (Å²) in [5.41, 5.74) is 0.617. The summed E-state index contributed by atoms with van der Waals surface area (Å²) in [6.07, 6.45) is 3.08. The minimum atomic E-state index is -2.27. The third-order valence-electron chi connectivity index (χ3n) is 11.1. The molecule has 1 unspecified atom stereocenters. The maximum absolute atomic E-state index is 14.0. The van der Waals surface area contributed by atoms with E-state index in [4.69, 9.17) is 13.6 Å². The van der Waals surface area contributed by atoms with E-state index in [1.807, 2.05) is 17.0 Å². The lowest BCUT2D eigenvalue weighted by Gasteiger charge is -2.61. The Bertz CT molecular complexity index is 1140. The van der Waals surface area contributed by atoms with Crippen LogP contribution < -0.4 is 4.74 Å². The molecular formula is C32H53NO6Si2. The Morgan fingerprint density at radius 3 is 2.05 bits per heavy atom. The topological polar surface area (TPSA) is 85.3 Å². The molecule has 6 atom stereocenters. The van der Waals surface area contributed by atoms with Gasteiger partial charge in [-0.25, -0.2) is 0 Å². The average molecular weight is 604 g/mol. The molecule has 2 saturated heterocycles. The summed E-state index contributed by atoms with van der Waals surface area (Å²) in [7, 11) is -2.71. The molecule has 2 aliphatic heterocycles. The molecular weight excluding hydrogens is 551 g/mol. The molecule has 1 amide bonds. The van der Waals surface area contributed by atoms with Crippen LogP contribution in [-0.2, 0) is 24.9 Å². The maximum atomic E-state index is 14.0. The zero-order valence-electron chi connectivity index (χ0n) is 27.2. The third kappa shape index (κ3) is 5.93. The predicted molar refractivity (Wildman–Crippen MR) is 167 cm³/mol. The molecule has 1 aromatic rings. The predicted octanol–water partition coefficient (Wildman–Crippen LogP) is 6.87. The number of carboxylic acid groups (broad SMARTS) is 1. The highest BCUT2D eigenvalue weighted by atomic mass is 28.4. The van der Waals surface area contributed by atoms with E-state index >= 15 is 0 Å². The highest BCUT2D eigenvalue weighted by Crippen LogP contribution is 2.56. The van der Waals surface area contributed by atoms with Crippen LogP contribution in [0.4, 0.5) is 0 Å². The Hall–Kier alpha value is -1.69. The molecule has 1 aliphatic carbocycles. The maximum Gasteiger partial charge on any atom is 0.316 e. The summed E-state index contributed by atoms with van der Waals surface area (Å²) in [6.45, 7) is 22.7. The highest BCUT2D eigenvalue weighted by Gasteiger charge is 2.65. The van der Waals surface area contributed by atoms with Crippen LogP contribution in [-0.4, -0.2) is 69.4 Å². The van der Waals surface area contributed by atoms with Crippen LogP contribution in [0.15, 0.2) is 24.3 Å². The van der Waals surface area contributed by atoms with Crippen LogP contribution in [0.2, 0.25) is 36.3 Å². The van der Waals surface area contributed by atoms with E-state index in [2.05, 4.69) is 79.9 Å². The van der Waals surface area contributed by atoms with Crippen LogP contribution >= 0.6 is 0 Å². The first-order valence-corrected chi connectivity index (χ1v) is 21.1. The van der Waals surface area contributed by atoms with Crippen molar-refractivity contribution in [3.8, 4) is 5.75 Å². The van der Waals surface area contributed by atoms with Crippen molar-refractivity contribution in [1.29, 1.82) is 0 Å². The molecule has 2 heterocycles. The Labute approximate surface area is 249 Å². The van der Waals surface area contributed by atoms with E-state index in [-0.39, 0.29) is 40.2 Å². The van der Waals surface area contributed by atoms with Crippen molar-refractivity contribution >= 4 is 28.5 Å². The Morgan fingerprint density at radius 1 is 0.976 bits per heavy atom. The van der Waals surface area contributed by atoms with Crippen LogP contribution in [0.1, 0.15) is 72.8 Å². The molecule has 1 spiro atoms. The number of carboxylic acids is 1. The number of piperidine rings is 1. The van der Waals surface area contributed by atoms with Crippen molar-refractivity contribution in [2.24, 2.45) is 11.8 Å². The quantitative estimate of drug-likeness (QED) is 0.258. The van der Waals surface area contributed by atoms with Gasteiger partial charge in [-0.1, -0.05) is 53.7 Å². The Kier molecular flexibility index (Phi) is 8.48. The fraction of sp³-hybridized carbons (Fsp3) is 0.750. The smallest absolute Gasteiger partial charge is 0.316 e. The molecule has 3 fully saturated rings. The molecule has 41 heavy (non-hydrogen) atoms. The van der Waals surface area contributed by atoms with E-state index < -0.39 is 34.1 Å². The summed E-state index contributed by atoms with van der Waals surface area (Å²) in [5, 5.41) is 10.2. The lowest BCUT2D eigenvalue weighted by molar-refractivity contribution is -0.164. The molecule has 3 aliphatic rings. The minimum absolute atomic E-state index is 0.0186. The van der Waals surface area contributed by atoms with E-state index in [0.717, 1.165) is 30.6 Å². The second-order valence-corrected chi connectivity index (χ2v) is 25.3. The number of benzene rings is 1. The van der Waals surface area contributed by atoms with Crippen LogP contribution in [0.25, 0.3) is 0 Å². The van der Waals surface area contributed by atoms with Gasteiger partial charge in [-0.15, -0.1) is 0 Å². The minimum Gasteiger partial charge on any atom is -0.497 e. The molecule has 9 heteroatoms. The summed E-state index contributed by atoms with van der Waals surface area (Å²) >= 11 is 0. The van der Waals surface area contributed by atoms with Gasteiger partial charge in [-0.05, 0) is 86.1 Å². The fourth-order valence-corrected chi connectivity index (χ4v) is 9.50. The lowest BCUT2D eigenvalue weighted by atomic mass is 9.65. The van der Waals surface area contributed by atoms with Gasteiger partial charge in [0.2, 0.25) is 5.91 Å². The standard InChI is InChI=1S/C32H53NO6Si2/c1-30(2,3)40(8,9)38-26-16-17-32-19-23(26)27(39-41(10,11)31(4,5)6)25(18-21-12-14-22(37-7)15-13-21)33(32)28(34)24(20-32)29(35)36/h12-15,23-27H,16-20H2,1-11H3,(H,35,36)/t23-,24?,25-,26-,27-,32-/m0/s1. The Balaban J connectivity index is 1.84. The average Bonchev–Trinajstić information content (AvgIpc) is 3.13. The van der Waals surface area contributed by atoms with E-state index in [1.165, 1.54) is 0 Å². The number of ether oxygens (including phenoxy) is 1. The summed E-state index contributed by atoms with van der Waals surface area (Å²) < 4.78 is 19.9. The molecule has 0 radical (unpaired) electrons. The van der Waals surface area contributed by atoms with E-state index in [1.54, 1.807) is 7.11 Å². The van der Waals surface area contributed by atoms with Crippen molar-refractivity contribution in [3.05, 3.63) is 29.8 Å². The molecule has 2 bridgehead atoms. The van der Waals surface area contributed by atoms with Crippen molar-refractivity contribution in [2.45, 2.75) is 134 Å². The molecule has 4 rings (SSSR count). The number of carbonyl (C=O) groups is 2. The van der Waals surface area contributed by atoms with Gasteiger partial charge < -0.3 is 23.6 Å². The second kappa shape index (κ2) is 10.8. The number of nitrogens with zero attached hydrogens (tertiary/aromatic N) is 1. The van der Waals surface area contributed by atoms with E-state index in [0.29, 0.717) is 12.8 Å². The summed E-state index contributed by atoms with van der Waals surface area (Å²) in [4.78, 5) is 28.3. The van der Waals surface area contributed by atoms with Crippen molar-refractivity contribution in [2.75, 3.05) is 7.11 Å². The number of hydrogen-bond acceptors (Lipinski definition) is 5. The molecule has 1 N–H and O–H groups in total. The number of carbonyl (C=O) groups excluding carboxylic acids is 1. The SMILES string of the molecule is COc1ccc(C[C@H]2[C@@H](O[Si](C)(C)C(C)(C)C)[C@H]3C[C@@]4(CC[C@@H]3O[Si](C)(C)C(C)(C)C)CC(C(=O)O)C(=O)N24)cc1. The van der Waals surface area contributed by atoms with Gasteiger partial charge >= 0.3 is 5.97 Å². The normalized spacial score (nSPS) is 30.8. The van der Waals surface area contributed by atoms with Gasteiger partial charge in [0.05, 0.1) is 25.4 Å². The van der Waals surface area contributed by atoms with E-state index in [9.17, 15) is 14.7 Å². The zero-order valence-corrected chi connectivity index (χ0v) is 29.2. The first kappa shape index (κ1) is 32.2. The lowest BCUT2D eigenvalue weighted by Crippen LogP contribution is -2.70. The summed E-state index contributed by atoms with van der Waals surface area (Å²) in [6, 6.07) is 7.75. The first-order chi connectivity index (χ1) is 18.7. The molecule has 230 valence electrons. The number of methoxy groups -OCH3 is 1. The number of hydrogen-bond donors (Lipinski definition) is 1. The zero-order chi connectivity index (χ0) is 30.8. The van der Waals surface area contributed by atoms with Crippen LogP contribution in [0, 0.1) is 11.8 Å². The summed E-state index contributed by atoms with van der Waals surface area (Å²) in [5.74, 6) is -1.39. The number of aliphatic carboxylic acids is 1. The molecule has 1 aromatic carbocycles. The molecule has 1 saturated carbocycles. The van der Waals surface area contributed by atoms with Crippen molar-refractivity contribution in [3.63, 3.8) is 0 Å². The number of amides is 1. The van der Waals surface area contributed by atoms with Crippen molar-refractivity contribution in [1.82, 2.24) is 4.90 Å². The number of rotatable bonds is 8. The molecule has 7 nitrogen and oxygen atoms in total. The van der Waals surface area contributed by atoms with Crippen LogP contribution in [0.3, 0.4) is 0 Å². The monoisotopic (exact) mass is 603 g/mol. The van der Waals surface area contributed by atoms with Gasteiger partial charge in [-0.3, -0.25) is 9.59 Å². The second-order valence-electron chi connectivity index (χ2n) is 15.8. The third-order valence-corrected chi connectivity index (χ3v) is 20.1. The largest absolute Gasteiger partial charge is 0.497 e. The van der Waals surface area contributed by atoms with Gasteiger partial charge in [0.15, 0.2) is 16.6 Å². The Morgan fingerprint density at radius 2 is 1.54 bits per heavy atom. The van der Waals surface area contributed by atoms with Crippen molar-refractivity contribution < 1.29 is 28.3 Å². The van der Waals surface area contributed by atoms with Gasteiger partial charge in [-0.2, -0.15) is 0 Å². The van der Waals surface area contributed by atoms with Gasteiger partial charge in [0, 0.05) is 11.5 Å². The van der Waals surface area contributed by atoms with Gasteiger partial charge in [0.25, 0.3) is 0 Å². The van der Waals surface area contributed by atoms with Gasteiger partial charge in [0.1, 0.15) is 11.7 Å². The number of fused-ring (bicyclic) bond motifs is 1. The fourth-order valence-electron chi connectivity index (χ4n) is 6.73. The molecule has 0 aromatic heterocycles.